The zero-order valence-electron chi connectivity index (χ0n) is 11.5. The van der Waals surface area contributed by atoms with E-state index in [1.54, 1.807) is 18.3 Å². The van der Waals surface area contributed by atoms with Crippen molar-refractivity contribution in [1.29, 1.82) is 0 Å². The van der Waals surface area contributed by atoms with Crippen molar-refractivity contribution in [2.75, 3.05) is 5.32 Å². The molecule has 108 valence electrons. The Balaban J connectivity index is 2.04. The van der Waals surface area contributed by atoms with Gasteiger partial charge in [-0.3, -0.25) is 0 Å². The Morgan fingerprint density at radius 1 is 1.43 bits per heavy atom. The third-order valence-corrected chi connectivity index (χ3v) is 5.49. The summed E-state index contributed by atoms with van der Waals surface area (Å²) >= 11 is 2.86. The van der Waals surface area contributed by atoms with Crippen molar-refractivity contribution in [2.45, 2.75) is 19.9 Å². The Kier molecular flexibility index (Phi) is 3.60. The molecule has 0 bridgehead atoms. The Labute approximate surface area is 129 Å². The van der Waals surface area contributed by atoms with E-state index in [1.807, 2.05) is 11.4 Å². The number of aryl methyl sites for hydroxylation is 1. The van der Waals surface area contributed by atoms with Gasteiger partial charge in [0.05, 0.1) is 11.4 Å². The van der Waals surface area contributed by atoms with Crippen LogP contribution in [-0.4, -0.2) is 21.0 Å². The first kappa shape index (κ1) is 14.0. The fourth-order valence-electron chi connectivity index (χ4n) is 2.20. The summed E-state index contributed by atoms with van der Waals surface area (Å²) in [6.45, 7) is 3.85. The van der Waals surface area contributed by atoms with Crippen molar-refractivity contribution in [1.82, 2.24) is 9.97 Å². The summed E-state index contributed by atoms with van der Waals surface area (Å²) in [6, 6.07) is 4.17. The highest BCUT2D eigenvalue weighted by molar-refractivity contribution is 7.20. The van der Waals surface area contributed by atoms with Gasteiger partial charge in [0.2, 0.25) is 0 Å². The van der Waals surface area contributed by atoms with Crippen molar-refractivity contribution in [2.24, 2.45) is 0 Å². The molecule has 7 heteroatoms. The molecule has 1 atom stereocenters. The van der Waals surface area contributed by atoms with Crippen LogP contribution in [0.5, 0.6) is 0 Å². The standard InChI is InChI=1S/C14H13N3O2S2/c1-7-10-12(17-8(2)9-4-3-5-20-9)15-6-16-13(10)21-11(7)14(18)19/h3-6,8H,1-2H3,(H,18,19)(H,15,16,17)/t8-/m1/s1. The minimum atomic E-state index is -0.923. The number of anilines is 1. The quantitative estimate of drug-likeness (QED) is 0.762. The minimum absolute atomic E-state index is 0.107. The van der Waals surface area contributed by atoms with Gasteiger partial charge >= 0.3 is 5.97 Å². The molecular formula is C14H13N3O2S2. The molecular weight excluding hydrogens is 306 g/mol. The monoisotopic (exact) mass is 319 g/mol. The summed E-state index contributed by atoms with van der Waals surface area (Å²) in [5.74, 6) is -0.241. The van der Waals surface area contributed by atoms with E-state index < -0.39 is 5.97 Å². The van der Waals surface area contributed by atoms with Gasteiger partial charge in [0.1, 0.15) is 21.9 Å². The summed E-state index contributed by atoms with van der Waals surface area (Å²) in [5.41, 5.74) is 0.712. The van der Waals surface area contributed by atoms with E-state index >= 15 is 0 Å². The fourth-order valence-corrected chi connectivity index (χ4v) is 3.92. The van der Waals surface area contributed by atoms with Gasteiger partial charge in [0.15, 0.2) is 0 Å². The Morgan fingerprint density at radius 3 is 2.90 bits per heavy atom. The minimum Gasteiger partial charge on any atom is -0.477 e. The maximum Gasteiger partial charge on any atom is 0.346 e. The van der Waals surface area contributed by atoms with Crippen LogP contribution in [0.2, 0.25) is 0 Å². The van der Waals surface area contributed by atoms with Crippen LogP contribution in [0.25, 0.3) is 10.2 Å². The summed E-state index contributed by atoms with van der Waals surface area (Å²) in [5, 5.41) is 15.4. The topological polar surface area (TPSA) is 75.1 Å². The molecule has 3 aromatic heterocycles. The molecule has 5 nitrogen and oxygen atoms in total. The van der Waals surface area contributed by atoms with Crippen molar-refractivity contribution in [3.8, 4) is 0 Å². The Hall–Kier alpha value is -1.99. The van der Waals surface area contributed by atoms with Crippen LogP contribution in [0.15, 0.2) is 23.8 Å². The molecule has 2 N–H and O–H groups in total. The van der Waals surface area contributed by atoms with Crippen LogP contribution >= 0.6 is 22.7 Å². The van der Waals surface area contributed by atoms with E-state index in [9.17, 15) is 9.90 Å². The van der Waals surface area contributed by atoms with Crippen LogP contribution in [0.4, 0.5) is 5.82 Å². The van der Waals surface area contributed by atoms with Crippen molar-refractivity contribution in [3.05, 3.63) is 39.2 Å². The number of thiophene rings is 2. The number of aromatic carboxylic acids is 1. The zero-order valence-corrected chi connectivity index (χ0v) is 13.1. The number of nitrogens with one attached hydrogen (secondary N) is 1. The lowest BCUT2D eigenvalue weighted by Crippen LogP contribution is -2.07. The number of hydrogen-bond acceptors (Lipinski definition) is 6. The molecule has 0 radical (unpaired) electrons. The maximum absolute atomic E-state index is 11.3. The first-order valence-electron chi connectivity index (χ1n) is 6.35. The number of carboxylic acid groups (broad SMARTS) is 1. The van der Waals surface area contributed by atoms with Gasteiger partial charge in [-0.1, -0.05) is 6.07 Å². The lowest BCUT2D eigenvalue weighted by atomic mass is 10.2. The number of carbonyl (C=O) groups is 1. The van der Waals surface area contributed by atoms with Gasteiger partial charge in [0, 0.05) is 4.88 Å². The molecule has 0 aromatic carbocycles. The van der Waals surface area contributed by atoms with Crippen molar-refractivity contribution >= 4 is 44.7 Å². The van der Waals surface area contributed by atoms with Crippen LogP contribution in [0, 0.1) is 6.92 Å². The van der Waals surface area contributed by atoms with E-state index in [-0.39, 0.29) is 6.04 Å². The second-order valence-corrected chi connectivity index (χ2v) is 6.62. The molecule has 0 aliphatic carbocycles. The van der Waals surface area contributed by atoms with E-state index in [0.717, 1.165) is 5.39 Å². The highest BCUT2D eigenvalue weighted by Gasteiger charge is 2.19. The van der Waals surface area contributed by atoms with Crippen molar-refractivity contribution < 1.29 is 9.90 Å². The van der Waals surface area contributed by atoms with Gasteiger partial charge in [-0.15, -0.1) is 22.7 Å². The lowest BCUT2D eigenvalue weighted by Gasteiger charge is -2.13. The number of hydrogen-bond donors (Lipinski definition) is 2. The average Bonchev–Trinajstić information content (AvgIpc) is 3.07. The highest BCUT2D eigenvalue weighted by Crippen LogP contribution is 2.34. The third-order valence-electron chi connectivity index (χ3n) is 3.24. The van der Waals surface area contributed by atoms with Crippen LogP contribution in [0.1, 0.15) is 33.1 Å². The summed E-state index contributed by atoms with van der Waals surface area (Å²) in [7, 11) is 0. The van der Waals surface area contributed by atoms with Gasteiger partial charge in [-0.2, -0.15) is 0 Å². The van der Waals surface area contributed by atoms with E-state index in [0.29, 0.717) is 21.1 Å². The second kappa shape index (κ2) is 5.42. The lowest BCUT2D eigenvalue weighted by molar-refractivity contribution is 0.0701. The average molecular weight is 319 g/mol. The Morgan fingerprint density at radius 2 is 2.24 bits per heavy atom. The normalized spacial score (nSPS) is 12.5. The molecule has 3 rings (SSSR count). The second-order valence-electron chi connectivity index (χ2n) is 4.65. The van der Waals surface area contributed by atoms with E-state index in [2.05, 4.69) is 28.3 Å². The predicted octanol–water partition coefficient (Wildman–Crippen LogP) is 3.93. The fraction of sp³-hybridized carbons (Fsp3) is 0.214. The van der Waals surface area contributed by atoms with Gasteiger partial charge in [-0.25, -0.2) is 14.8 Å². The molecule has 0 unspecified atom stereocenters. The molecule has 3 aromatic rings. The van der Waals surface area contributed by atoms with Crippen molar-refractivity contribution in [3.63, 3.8) is 0 Å². The molecule has 21 heavy (non-hydrogen) atoms. The SMILES string of the molecule is Cc1c(C(=O)O)sc2ncnc(N[C@H](C)c3cccs3)c12. The predicted molar refractivity (Wildman–Crippen MR) is 85.5 cm³/mol. The van der Waals surface area contributed by atoms with Crippen LogP contribution < -0.4 is 5.32 Å². The highest BCUT2D eigenvalue weighted by atomic mass is 32.1. The summed E-state index contributed by atoms with van der Waals surface area (Å²) in [6.07, 6.45) is 1.47. The Bertz CT molecular complexity index is 796. The first-order chi connectivity index (χ1) is 10.1. The van der Waals surface area contributed by atoms with Gasteiger partial charge in [-0.05, 0) is 30.9 Å². The summed E-state index contributed by atoms with van der Waals surface area (Å²) < 4.78 is 0. The summed E-state index contributed by atoms with van der Waals surface area (Å²) in [4.78, 5) is 21.9. The number of fused-ring (bicyclic) bond motifs is 1. The largest absolute Gasteiger partial charge is 0.477 e. The van der Waals surface area contributed by atoms with Crippen LogP contribution in [-0.2, 0) is 0 Å². The molecule has 3 heterocycles. The first-order valence-corrected chi connectivity index (χ1v) is 8.05. The van der Waals surface area contributed by atoms with Gasteiger partial charge < -0.3 is 10.4 Å². The smallest absolute Gasteiger partial charge is 0.346 e. The molecule has 0 saturated heterocycles. The molecule has 0 fully saturated rings. The maximum atomic E-state index is 11.3. The van der Waals surface area contributed by atoms with Gasteiger partial charge in [0.25, 0.3) is 0 Å². The molecule has 0 saturated carbocycles. The number of nitrogens with zero attached hydrogens (tertiary/aromatic N) is 2. The number of rotatable bonds is 4. The molecule has 0 aliphatic heterocycles. The molecule has 0 amide bonds. The molecule has 0 spiro atoms. The number of aromatic nitrogens is 2. The van der Waals surface area contributed by atoms with E-state index in [4.69, 9.17) is 0 Å². The van der Waals surface area contributed by atoms with Crippen LogP contribution in [0.3, 0.4) is 0 Å². The third kappa shape index (κ3) is 2.50. The number of carboxylic acids is 1. The zero-order chi connectivity index (χ0) is 15.0. The molecule has 0 aliphatic rings. The van der Waals surface area contributed by atoms with E-state index in [1.165, 1.54) is 22.5 Å².